The molecule has 0 saturated heterocycles. The second-order valence-electron chi connectivity index (χ2n) is 8.18. The van der Waals surface area contributed by atoms with E-state index in [9.17, 15) is 0 Å². The predicted molar refractivity (Wildman–Crippen MR) is 131 cm³/mol. The first-order valence-electron chi connectivity index (χ1n) is 10.5. The standard InChI is InChI=1S/C28H29NSi/c1-28(29(2)3,24-16-8-4-9-17-24)30(25-18-10-5-11-19-25,26-20-12-6-13-21-26)27-22-14-7-15-23-27/h4-23H,1-3H3/t28-/m1/s1. The van der Waals surface area contributed by atoms with Gasteiger partial charge in [0.25, 0.3) is 0 Å². The molecular formula is C28H29NSi. The number of benzene rings is 4. The van der Waals surface area contributed by atoms with Gasteiger partial charge in [-0.25, -0.2) is 0 Å². The van der Waals surface area contributed by atoms with Gasteiger partial charge in [-0.3, -0.25) is 0 Å². The summed E-state index contributed by atoms with van der Waals surface area (Å²) in [7, 11) is 1.90. The number of nitrogens with zero attached hydrogens (tertiary/aromatic N) is 1. The van der Waals surface area contributed by atoms with Gasteiger partial charge in [0, 0.05) is 5.16 Å². The number of hydrogen-bond acceptors (Lipinski definition) is 1. The summed E-state index contributed by atoms with van der Waals surface area (Å²) < 4.78 is 0. The molecule has 0 aliphatic heterocycles. The van der Waals surface area contributed by atoms with E-state index < -0.39 is 8.07 Å². The van der Waals surface area contributed by atoms with Crippen molar-refractivity contribution < 1.29 is 0 Å². The van der Waals surface area contributed by atoms with Crippen molar-refractivity contribution in [2.75, 3.05) is 14.1 Å². The Morgan fingerprint density at radius 1 is 0.500 bits per heavy atom. The first kappa shape index (κ1) is 20.3. The largest absolute Gasteiger partial charge is 0.301 e. The van der Waals surface area contributed by atoms with Crippen molar-refractivity contribution in [2.45, 2.75) is 12.1 Å². The van der Waals surface area contributed by atoms with Crippen LogP contribution >= 0.6 is 0 Å². The van der Waals surface area contributed by atoms with Crippen LogP contribution in [0.1, 0.15) is 12.5 Å². The highest BCUT2D eigenvalue weighted by Gasteiger charge is 2.56. The van der Waals surface area contributed by atoms with Gasteiger partial charge in [-0.2, -0.15) is 0 Å². The Kier molecular flexibility index (Phi) is 5.71. The average molecular weight is 408 g/mol. The Bertz CT molecular complexity index is 966. The van der Waals surface area contributed by atoms with E-state index in [2.05, 4.69) is 147 Å². The van der Waals surface area contributed by atoms with Crippen molar-refractivity contribution in [3.8, 4) is 0 Å². The summed E-state index contributed by atoms with van der Waals surface area (Å²) >= 11 is 0. The summed E-state index contributed by atoms with van der Waals surface area (Å²) in [5.41, 5.74) is 1.35. The molecule has 1 atom stereocenters. The second-order valence-corrected chi connectivity index (χ2v) is 12.4. The summed E-state index contributed by atoms with van der Waals surface area (Å²) in [5, 5.41) is 4.05. The first-order valence-corrected chi connectivity index (χ1v) is 12.5. The molecule has 0 unspecified atom stereocenters. The molecule has 150 valence electrons. The van der Waals surface area contributed by atoms with Crippen molar-refractivity contribution in [1.29, 1.82) is 0 Å². The van der Waals surface area contributed by atoms with Crippen molar-refractivity contribution >= 4 is 23.6 Å². The van der Waals surface area contributed by atoms with Crippen LogP contribution in [-0.4, -0.2) is 27.1 Å². The predicted octanol–water partition coefficient (Wildman–Crippen LogP) is 4.17. The van der Waals surface area contributed by atoms with Gasteiger partial charge in [0.1, 0.15) is 0 Å². The van der Waals surface area contributed by atoms with E-state index in [0.29, 0.717) is 0 Å². The molecule has 0 heterocycles. The number of hydrogen-bond donors (Lipinski definition) is 0. The molecule has 30 heavy (non-hydrogen) atoms. The zero-order valence-corrected chi connectivity index (χ0v) is 19.0. The second kappa shape index (κ2) is 8.43. The van der Waals surface area contributed by atoms with Crippen LogP contribution in [0.4, 0.5) is 0 Å². The van der Waals surface area contributed by atoms with Crippen molar-refractivity contribution in [3.63, 3.8) is 0 Å². The van der Waals surface area contributed by atoms with E-state index in [0.717, 1.165) is 0 Å². The molecule has 0 saturated carbocycles. The van der Waals surface area contributed by atoms with Gasteiger partial charge in [0.15, 0.2) is 8.07 Å². The van der Waals surface area contributed by atoms with Crippen molar-refractivity contribution in [1.82, 2.24) is 4.90 Å². The molecule has 0 radical (unpaired) electrons. The molecule has 4 rings (SSSR count). The fourth-order valence-corrected chi connectivity index (χ4v) is 11.0. The van der Waals surface area contributed by atoms with Crippen LogP contribution in [0.15, 0.2) is 121 Å². The van der Waals surface area contributed by atoms with Crippen LogP contribution in [0.25, 0.3) is 0 Å². The average Bonchev–Trinajstić information content (AvgIpc) is 2.82. The van der Waals surface area contributed by atoms with Crippen LogP contribution < -0.4 is 15.6 Å². The highest BCUT2D eigenvalue weighted by Crippen LogP contribution is 2.36. The molecule has 0 N–H and O–H groups in total. The maximum Gasteiger partial charge on any atom is 0.173 e. The summed E-state index contributed by atoms with van der Waals surface area (Å²) in [5.74, 6) is 0. The topological polar surface area (TPSA) is 3.24 Å². The smallest absolute Gasteiger partial charge is 0.173 e. The van der Waals surface area contributed by atoms with Crippen LogP contribution in [0.3, 0.4) is 0 Å². The Balaban J connectivity index is 2.20. The lowest BCUT2D eigenvalue weighted by Gasteiger charge is -2.52. The third-order valence-electron chi connectivity index (χ3n) is 6.58. The fraction of sp³-hybridized carbons (Fsp3) is 0.143. The van der Waals surface area contributed by atoms with E-state index in [4.69, 9.17) is 0 Å². The minimum absolute atomic E-state index is 0.210. The Labute approximate surface area is 181 Å². The maximum absolute atomic E-state index is 2.56. The summed E-state index contributed by atoms with van der Waals surface area (Å²) in [6.45, 7) is 2.43. The van der Waals surface area contributed by atoms with Crippen LogP contribution in [0.2, 0.25) is 0 Å². The molecule has 0 amide bonds. The lowest BCUT2D eigenvalue weighted by molar-refractivity contribution is 0.262. The van der Waals surface area contributed by atoms with Crippen molar-refractivity contribution in [3.05, 3.63) is 127 Å². The molecule has 4 aromatic rings. The Morgan fingerprint density at radius 3 is 1.10 bits per heavy atom. The molecular weight excluding hydrogens is 378 g/mol. The Morgan fingerprint density at radius 2 is 0.800 bits per heavy atom. The monoisotopic (exact) mass is 407 g/mol. The van der Waals surface area contributed by atoms with E-state index >= 15 is 0 Å². The first-order chi connectivity index (χ1) is 14.6. The van der Waals surface area contributed by atoms with Crippen molar-refractivity contribution in [2.24, 2.45) is 0 Å². The minimum atomic E-state index is -2.56. The van der Waals surface area contributed by atoms with E-state index in [1.807, 2.05) is 0 Å². The summed E-state index contributed by atoms with van der Waals surface area (Å²) in [6.07, 6.45) is 0. The highest BCUT2D eigenvalue weighted by molar-refractivity contribution is 7.13. The zero-order chi connectivity index (χ0) is 21.0. The molecule has 0 spiro atoms. The highest BCUT2D eigenvalue weighted by atomic mass is 28.3. The van der Waals surface area contributed by atoms with Gasteiger partial charge in [-0.15, -0.1) is 0 Å². The SMILES string of the molecule is CN(C)[C@@](C)(c1ccccc1)[Si](c1ccccc1)(c1ccccc1)c1ccccc1. The van der Waals surface area contributed by atoms with Crippen LogP contribution in [0.5, 0.6) is 0 Å². The molecule has 0 aliphatic carbocycles. The Hall–Kier alpha value is -2.94. The molecule has 0 fully saturated rings. The lowest BCUT2D eigenvalue weighted by atomic mass is 10.1. The normalized spacial score (nSPS) is 13.7. The quantitative estimate of drug-likeness (QED) is 0.342. The molecule has 0 aromatic heterocycles. The van der Waals surface area contributed by atoms with Crippen LogP contribution in [-0.2, 0) is 5.16 Å². The summed E-state index contributed by atoms with van der Waals surface area (Å²) in [4.78, 5) is 2.43. The molecule has 2 heteroatoms. The van der Waals surface area contributed by atoms with E-state index in [1.54, 1.807) is 0 Å². The maximum atomic E-state index is 2.43. The number of rotatable bonds is 6. The lowest BCUT2D eigenvalue weighted by Crippen LogP contribution is -2.80. The van der Waals surface area contributed by atoms with E-state index in [1.165, 1.54) is 21.1 Å². The third kappa shape index (κ3) is 3.13. The van der Waals surface area contributed by atoms with Gasteiger partial charge < -0.3 is 4.90 Å². The summed E-state index contributed by atoms with van der Waals surface area (Å²) in [6, 6.07) is 44.5. The molecule has 0 aliphatic rings. The minimum Gasteiger partial charge on any atom is -0.301 e. The van der Waals surface area contributed by atoms with Gasteiger partial charge in [0.05, 0.1) is 0 Å². The van der Waals surface area contributed by atoms with Gasteiger partial charge in [-0.1, -0.05) is 121 Å². The van der Waals surface area contributed by atoms with Gasteiger partial charge >= 0.3 is 0 Å². The molecule has 0 bridgehead atoms. The van der Waals surface area contributed by atoms with E-state index in [-0.39, 0.29) is 5.16 Å². The zero-order valence-electron chi connectivity index (χ0n) is 18.0. The molecule has 4 aromatic carbocycles. The third-order valence-corrected chi connectivity index (χ3v) is 12.4. The molecule has 1 nitrogen and oxygen atoms in total. The van der Waals surface area contributed by atoms with Gasteiger partial charge in [-0.05, 0) is 42.1 Å². The van der Waals surface area contributed by atoms with Crippen LogP contribution in [0, 0.1) is 0 Å². The fourth-order valence-electron chi connectivity index (χ4n) is 4.98. The van der Waals surface area contributed by atoms with Gasteiger partial charge in [0.2, 0.25) is 0 Å².